The number of aromatic nitrogens is 5. The summed E-state index contributed by atoms with van der Waals surface area (Å²) >= 11 is 0.921. The molecule has 5 aromatic rings. The molecule has 3 aromatic carbocycles. The molecule has 1 amide bonds. The second kappa shape index (κ2) is 13.1. The molecule has 1 aliphatic rings. The van der Waals surface area contributed by atoms with Crippen LogP contribution < -0.4 is 26.5 Å². The van der Waals surface area contributed by atoms with Crippen LogP contribution in [-0.4, -0.2) is 42.9 Å². The van der Waals surface area contributed by atoms with Gasteiger partial charge in [-0.25, -0.2) is 15.5 Å². The largest absolute Gasteiger partial charge is 0.497 e. The zero-order valence-corrected chi connectivity index (χ0v) is 26.4. The summed E-state index contributed by atoms with van der Waals surface area (Å²) < 4.78 is 52.3. The average molecular weight is 665 g/mol. The van der Waals surface area contributed by atoms with Gasteiger partial charge in [-0.3, -0.25) is 18.8 Å². The van der Waals surface area contributed by atoms with Gasteiger partial charge in [0, 0.05) is 13.1 Å². The third-order valence-electron chi connectivity index (χ3n) is 7.99. The zero-order chi connectivity index (χ0) is 33.3. The molecule has 0 bridgehead atoms. The van der Waals surface area contributed by atoms with Crippen LogP contribution >= 0.6 is 11.8 Å². The third kappa shape index (κ3) is 6.41. The Kier molecular flexibility index (Phi) is 8.94. The number of nitrogens with one attached hydrogen (secondary N) is 3. The smallest absolute Gasteiger partial charge is 0.418 e. The predicted molar refractivity (Wildman–Crippen MR) is 171 cm³/mol. The van der Waals surface area contributed by atoms with E-state index in [0.29, 0.717) is 23.6 Å². The molecule has 0 saturated carbocycles. The van der Waals surface area contributed by atoms with E-state index in [-0.39, 0.29) is 34.2 Å². The average Bonchev–Trinajstić information content (AvgIpc) is 3.78. The van der Waals surface area contributed by atoms with Crippen molar-refractivity contribution < 1.29 is 22.7 Å². The molecule has 244 valence electrons. The first kappa shape index (κ1) is 32.1. The van der Waals surface area contributed by atoms with Crippen LogP contribution in [0, 0.1) is 6.92 Å². The number of hydrogen-bond donors (Lipinski definition) is 3. The van der Waals surface area contributed by atoms with E-state index >= 15 is 0 Å². The van der Waals surface area contributed by atoms with E-state index in [2.05, 4.69) is 26.4 Å². The Labute approximate surface area is 271 Å². The van der Waals surface area contributed by atoms with Crippen LogP contribution in [0.3, 0.4) is 0 Å². The molecule has 0 radical (unpaired) electrons. The van der Waals surface area contributed by atoms with Gasteiger partial charge >= 0.3 is 6.18 Å². The van der Waals surface area contributed by atoms with Crippen LogP contribution in [0.4, 0.5) is 18.9 Å². The van der Waals surface area contributed by atoms with Gasteiger partial charge in [0.05, 0.1) is 41.5 Å². The van der Waals surface area contributed by atoms with E-state index in [1.165, 1.54) is 27.4 Å². The summed E-state index contributed by atoms with van der Waals surface area (Å²) in [6.45, 7) is 1.71. The Balaban J connectivity index is 1.28. The lowest BCUT2D eigenvalue weighted by Crippen LogP contribution is -2.28. The fourth-order valence-corrected chi connectivity index (χ4v) is 6.29. The van der Waals surface area contributed by atoms with E-state index in [1.807, 2.05) is 30.3 Å². The van der Waals surface area contributed by atoms with Gasteiger partial charge in [-0.05, 0) is 55.3 Å². The first-order valence-electron chi connectivity index (χ1n) is 14.6. The number of carbonyl (C=O) groups excluding carboxylic acids is 1. The Bertz CT molecular complexity index is 1960. The van der Waals surface area contributed by atoms with Crippen molar-refractivity contribution in [3.8, 4) is 17.1 Å². The molecule has 11 nitrogen and oxygen atoms in total. The Morgan fingerprint density at radius 2 is 1.68 bits per heavy atom. The maximum absolute atomic E-state index is 14.2. The van der Waals surface area contributed by atoms with Crippen LogP contribution in [-0.2, 0) is 18.0 Å². The number of hydrogen-bond acceptors (Lipinski definition) is 8. The molecular formula is C32H31F3N8O3S. The van der Waals surface area contributed by atoms with Gasteiger partial charge in [-0.2, -0.15) is 13.2 Å². The van der Waals surface area contributed by atoms with E-state index in [1.54, 1.807) is 50.0 Å². The summed E-state index contributed by atoms with van der Waals surface area (Å²) in [5.74, 6) is 0.185. The SMILES string of the molecule is COc1ccc(C2CC(c3nnc(SCC(=O)Nc4c(C)n(C)n(-c5ccccc5)c4=O)n3-c3ccccc3C(F)(F)F)NN2)cc1. The molecular weight excluding hydrogens is 633 g/mol. The Morgan fingerprint density at radius 3 is 2.38 bits per heavy atom. The van der Waals surface area contributed by atoms with Crippen molar-refractivity contribution in [3.63, 3.8) is 0 Å². The summed E-state index contributed by atoms with van der Waals surface area (Å²) in [4.78, 5) is 26.4. The van der Waals surface area contributed by atoms with Crippen molar-refractivity contribution in [1.29, 1.82) is 0 Å². The number of amides is 1. The number of halogens is 3. The van der Waals surface area contributed by atoms with Crippen molar-refractivity contribution in [2.45, 2.75) is 36.8 Å². The van der Waals surface area contributed by atoms with E-state index < -0.39 is 29.2 Å². The molecule has 6 rings (SSSR count). The molecule has 1 aliphatic heterocycles. The molecule has 2 atom stereocenters. The molecule has 0 spiro atoms. The summed E-state index contributed by atoms with van der Waals surface area (Å²) in [7, 11) is 3.29. The number of rotatable bonds is 9. The van der Waals surface area contributed by atoms with Crippen molar-refractivity contribution >= 4 is 23.4 Å². The molecule has 2 aromatic heterocycles. The first-order chi connectivity index (χ1) is 22.6. The highest BCUT2D eigenvalue weighted by molar-refractivity contribution is 7.99. The molecule has 47 heavy (non-hydrogen) atoms. The molecule has 0 aliphatic carbocycles. The van der Waals surface area contributed by atoms with Crippen LogP contribution in [0.5, 0.6) is 5.75 Å². The minimum absolute atomic E-state index is 0.0908. The van der Waals surface area contributed by atoms with Crippen molar-refractivity contribution in [2.75, 3.05) is 18.2 Å². The number of benzene rings is 3. The minimum atomic E-state index is -4.66. The van der Waals surface area contributed by atoms with Gasteiger partial charge in [0.15, 0.2) is 11.0 Å². The standard InChI is InChI=1S/C32H31F3N8O3S/c1-19-28(30(45)43(41(19)2)21-9-5-4-6-10-21)36-27(44)18-47-31-40-39-29(42(31)26-12-8-7-11-23(26)32(33,34)35)25-17-24(37-38-25)20-13-15-22(46-3)16-14-20/h4-16,24-25,37-38H,17-18H2,1-3H3,(H,36,44). The van der Waals surface area contributed by atoms with Crippen molar-refractivity contribution in [3.05, 3.63) is 112 Å². The molecule has 1 saturated heterocycles. The highest BCUT2D eigenvalue weighted by atomic mass is 32.2. The highest BCUT2D eigenvalue weighted by Gasteiger charge is 2.37. The lowest BCUT2D eigenvalue weighted by molar-refractivity contribution is -0.137. The molecule has 2 unspecified atom stereocenters. The van der Waals surface area contributed by atoms with Crippen LogP contribution in [0.2, 0.25) is 0 Å². The number of nitrogens with zero attached hydrogens (tertiary/aromatic N) is 5. The van der Waals surface area contributed by atoms with Gasteiger partial charge in [-0.1, -0.05) is 54.2 Å². The first-order valence-corrected chi connectivity index (χ1v) is 15.6. The number of alkyl halides is 3. The second-order valence-corrected chi connectivity index (χ2v) is 11.8. The highest BCUT2D eigenvalue weighted by Crippen LogP contribution is 2.38. The summed E-state index contributed by atoms with van der Waals surface area (Å²) in [5, 5.41) is 11.3. The molecule has 15 heteroatoms. The van der Waals surface area contributed by atoms with Crippen molar-refractivity contribution in [2.24, 2.45) is 7.05 Å². The number of anilines is 1. The fourth-order valence-electron chi connectivity index (χ4n) is 5.53. The summed E-state index contributed by atoms with van der Waals surface area (Å²) in [6, 6.07) is 21.0. The predicted octanol–water partition coefficient (Wildman–Crippen LogP) is 5.10. The van der Waals surface area contributed by atoms with E-state index in [0.717, 1.165) is 23.4 Å². The lowest BCUT2D eigenvalue weighted by Gasteiger charge is -2.18. The van der Waals surface area contributed by atoms with Gasteiger partial charge < -0.3 is 10.1 Å². The Morgan fingerprint density at radius 1 is 1.00 bits per heavy atom. The van der Waals surface area contributed by atoms with Gasteiger partial charge in [0.1, 0.15) is 11.4 Å². The van der Waals surface area contributed by atoms with Gasteiger partial charge in [0.2, 0.25) is 5.91 Å². The topological polar surface area (TPSA) is 120 Å². The number of para-hydroxylation sites is 2. The fraction of sp³-hybridized carbons (Fsp3) is 0.250. The third-order valence-corrected chi connectivity index (χ3v) is 8.92. The number of methoxy groups -OCH3 is 1. The van der Waals surface area contributed by atoms with Crippen LogP contribution in [0.1, 0.15) is 41.1 Å². The number of carbonyl (C=O) groups is 1. The quantitative estimate of drug-likeness (QED) is 0.186. The maximum atomic E-state index is 14.2. The summed E-state index contributed by atoms with van der Waals surface area (Å²) in [5.41, 5.74) is 7.13. The monoisotopic (exact) mass is 664 g/mol. The molecule has 3 heterocycles. The maximum Gasteiger partial charge on any atom is 0.418 e. The second-order valence-electron chi connectivity index (χ2n) is 10.9. The number of ether oxygens (including phenoxy) is 1. The zero-order valence-electron chi connectivity index (χ0n) is 25.6. The lowest BCUT2D eigenvalue weighted by atomic mass is 10.0. The van der Waals surface area contributed by atoms with Crippen molar-refractivity contribution in [1.82, 2.24) is 35.0 Å². The van der Waals surface area contributed by atoms with Crippen LogP contribution in [0.15, 0.2) is 88.8 Å². The minimum Gasteiger partial charge on any atom is -0.497 e. The van der Waals surface area contributed by atoms with E-state index in [4.69, 9.17) is 4.74 Å². The number of thioether (sulfide) groups is 1. The molecule has 1 fully saturated rings. The van der Waals surface area contributed by atoms with Gasteiger partial charge in [-0.15, -0.1) is 10.2 Å². The Hall–Kier alpha value is -4.86. The van der Waals surface area contributed by atoms with Gasteiger partial charge in [0.25, 0.3) is 5.56 Å². The number of hydrazine groups is 1. The van der Waals surface area contributed by atoms with Crippen LogP contribution in [0.25, 0.3) is 11.4 Å². The summed E-state index contributed by atoms with van der Waals surface area (Å²) in [6.07, 6.45) is -4.20. The van der Waals surface area contributed by atoms with E-state index in [9.17, 15) is 22.8 Å². The molecule has 3 N–H and O–H groups in total. The normalized spacial score (nSPS) is 16.4.